The van der Waals surface area contributed by atoms with E-state index in [1.165, 1.54) is 0 Å². The van der Waals surface area contributed by atoms with Crippen LogP contribution in [0.1, 0.15) is 19.3 Å². The highest BCUT2D eigenvalue weighted by atomic mass is 19.4. The first-order chi connectivity index (χ1) is 7.79. The number of hydrogen-bond acceptors (Lipinski definition) is 2. The number of hydrogen-bond donors (Lipinski definition) is 2. The maximum Gasteiger partial charge on any atom is 0.471 e. The summed E-state index contributed by atoms with van der Waals surface area (Å²) >= 11 is 0. The second-order valence-corrected chi connectivity index (χ2v) is 4.77. The van der Waals surface area contributed by atoms with Crippen LogP contribution >= 0.6 is 0 Å². The summed E-state index contributed by atoms with van der Waals surface area (Å²) in [5.41, 5.74) is 0. The van der Waals surface area contributed by atoms with Crippen molar-refractivity contribution >= 4 is 11.9 Å². The first-order valence-electron chi connectivity index (χ1n) is 5.39. The van der Waals surface area contributed by atoms with E-state index >= 15 is 0 Å². The lowest BCUT2D eigenvalue weighted by Gasteiger charge is -2.22. The van der Waals surface area contributed by atoms with Crippen LogP contribution in [-0.2, 0) is 9.59 Å². The van der Waals surface area contributed by atoms with Crippen LogP contribution in [0.15, 0.2) is 0 Å². The highest BCUT2D eigenvalue weighted by Crippen LogP contribution is 2.55. The second-order valence-electron chi connectivity index (χ2n) is 4.77. The molecule has 2 N–H and O–H groups in total. The molecule has 3 atom stereocenters. The summed E-state index contributed by atoms with van der Waals surface area (Å²) in [5, 5.41) is 10.4. The number of aliphatic carboxylic acids is 1. The van der Waals surface area contributed by atoms with Crippen molar-refractivity contribution in [2.75, 3.05) is 0 Å². The van der Waals surface area contributed by atoms with Gasteiger partial charge in [0.15, 0.2) is 0 Å². The van der Waals surface area contributed by atoms with Crippen LogP contribution in [0, 0.1) is 17.8 Å². The zero-order chi connectivity index (χ0) is 12.8. The lowest BCUT2D eigenvalue weighted by atomic mass is 9.94. The van der Waals surface area contributed by atoms with Crippen LogP contribution in [0.25, 0.3) is 0 Å². The maximum atomic E-state index is 12.0. The summed E-state index contributed by atoms with van der Waals surface area (Å²) < 4.78 is 36.1. The molecule has 0 aliphatic heterocycles. The van der Waals surface area contributed by atoms with Crippen LogP contribution in [0.5, 0.6) is 0 Å². The van der Waals surface area contributed by atoms with Crippen LogP contribution in [-0.4, -0.2) is 29.2 Å². The number of rotatable bonds is 3. The Labute approximate surface area is 95.2 Å². The SMILES string of the molecule is O=C(O)C(NC(=O)C(F)(F)F)C1CC2CC2C1. The van der Waals surface area contributed by atoms with Gasteiger partial charge in [-0.25, -0.2) is 4.79 Å². The van der Waals surface area contributed by atoms with Crippen LogP contribution < -0.4 is 5.32 Å². The largest absolute Gasteiger partial charge is 0.480 e. The summed E-state index contributed by atoms with van der Waals surface area (Å²) in [7, 11) is 0. The van der Waals surface area contributed by atoms with E-state index in [9.17, 15) is 22.8 Å². The maximum absolute atomic E-state index is 12.0. The third-order valence-electron chi connectivity index (χ3n) is 3.56. The summed E-state index contributed by atoms with van der Waals surface area (Å²) in [5.74, 6) is -3.05. The number of nitrogens with one attached hydrogen (secondary N) is 1. The lowest BCUT2D eigenvalue weighted by molar-refractivity contribution is -0.176. The van der Waals surface area contributed by atoms with Crippen LogP contribution in [0.3, 0.4) is 0 Å². The Morgan fingerprint density at radius 3 is 2.12 bits per heavy atom. The Bertz CT molecular complexity index is 345. The number of carboxylic acids is 1. The molecule has 96 valence electrons. The predicted molar refractivity (Wildman–Crippen MR) is 49.9 cm³/mol. The molecule has 0 bridgehead atoms. The van der Waals surface area contributed by atoms with Crippen molar-refractivity contribution in [1.82, 2.24) is 5.32 Å². The minimum Gasteiger partial charge on any atom is -0.480 e. The number of carbonyl (C=O) groups excluding carboxylic acids is 1. The highest BCUT2D eigenvalue weighted by Gasteiger charge is 2.51. The van der Waals surface area contributed by atoms with E-state index in [2.05, 4.69) is 0 Å². The Kier molecular flexibility index (Phi) is 2.79. The van der Waals surface area contributed by atoms with Crippen LogP contribution in [0.2, 0.25) is 0 Å². The molecule has 0 saturated heterocycles. The molecule has 4 nitrogen and oxygen atoms in total. The average molecular weight is 251 g/mol. The van der Waals surface area contributed by atoms with Gasteiger partial charge in [-0.1, -0.05) is 0 Å². The molecule has 0 aromatic carbocycles. The second kappa shape index (κ2) is 3.89. The molecule has 2 aliphatic carbocycles. The van der Waals surface area contributed by atoms with E-state index in [4.69, 9.17) is 5.11 Å². The van der Waals surface area contributed by atoms with Crippen molar-refractivity contribution in [1.29, 1.82) is 0 Å². The molecule has 17 heavy (non-hydrogen) atoms. The molecule has 2 fully saturated rings. The molecule has 0 aromatic heterocycles. The molecule has 0 radical (unpaired) electrons. The summed E-state index contributed by atoms with van der Waals surface area (Å²) in [4.78, 5) is 21.6. The third kappa shape index (κ3) is 2.53. The Morgan fingerprint density at radius 1 is 1.18 bits per heavy atom. The van der Waals surface area contributed by atoms with Gasteiger partial charge in [0.2, 0.25) is 0 Å². The molecular formula is C10H12F3NO3. The van der Waals surface area contributed by atoms with E-state index in [1.54, 1.807) is 5.32 Å². The smallest absolute Gasteiger partial charge is 0.471 e. The normalized spacial score (nSPS) is 32.8. The zero-order valence-corrected chi connectivity index (χ0v) is 8.83. The fraction of sp³-hybridized carbons (Fsp3) is 0.800. The predicted octanol–water partition coefficient (Wildman–Crippen LogP) is 1.16. The van der Waals surface area contributed by atoms with Crippen molar-refractivity contribution in [2.24, 2.45) is 17.8 Å². The Morgan fingerprint density at radius 2 is 1.71 bits per heavy atom. The fourth-order valence-electron chi connectivity index (χ4n) is 2.64. The first-order valence-corrected chi connectivity index (χ1v) is 5.39. The van der Waals surface area contributed by atoms with E-state index in [0.717, 1.165) is 6.42 Å². The van der Waals surface area contributed by atoms with E-state index < -0.39 is 24.1 Å². The quantitative estimate of drug-likeness (QED) is 0.791. The van der Waals surface area contributed by atoms with Crippen molar-refractivity contribution < 1.29 is 27.9 Å². The molecule has 2 rings (SSSR count). The van der Waals surface area contributed by atoms with Gasteiger partial charge in [0, 0.05) is 0 Å². The number of halogens is 3. The number of fused-ring (bicyclic) bond motifs is 1. The molecule has 2 aliphatic rings. The van der Waals surface area contributed by atoms with E-state index in [0.29, 0.717) is 24.7 Å². The van der Waals surface area contributed by atoms with Crippen molar-refractivity contribution in [2.45, 2.75) is 31.5 Å². The van der Waals surface area contributed by atoms with Crippen molar-refractivity contribution in [3.63, 3.8) is 0 Å². The number of amides is 1. The van der Waals surface area contributed by atoms with Crippen LogP contribution in [0.4, 0.5) is 13.2 Å². The van der Waals surface area contributed by atoms with Crippen molar-refractivity contribution in [3.05, 3.63) is 0 Å². The molecule has 0 spiro atoms. The lowest BCUT2D eigenvalue weighted by Crippen LogP contribution is -2.50. The van der Waals surface area contributed by atoms with Gasteiger partial charge in [-0.3, -0.25) is 4.79 Å². The molecule has 0 aromatic rings. The first kappa shape index (κ1) is 12.2. The molecule has 2 saturated carbocycles. The molecule has 1 amide bonds. The monoisotopic (exact) mass is 251 g/mol. The standard InChI is InChI=1S/C10H12F3NO3/c11-10(12,13)9(17)14-7(8(15)16)6-2-4-1-5(4)3-6/h4-7H,1-3H2,(H,14,17)(H,15,16). The minimum atomic E-state index is -5.03. The molecule has 7 heteroatoms. The Hall–Kier alpha value is -1.27. The van der Waals surface area contributed by atoms with Crippen molar-refractivity contribution in [3.8, 4) is 0 Å². The molecule has 3 unspecified atom stereocenters. The minimum absolute atomic E-state index is 0.373. The van der Waals surface area contributed by atoms with Gasteiger partial charge in [0.25, 0.3) is 0 Å². The van der Waals surface area contributed by atoms with E-state index in [-0.39, 0.29) is 5.92 Å². The van der Waals surface area contributed by atoms with Gasteiger partial charge < -0.3 is 10.4 Å². The topological polar surface area (TPSA) is 66.4 Å². The van der Waals surface area contributed by atoms with Gasteiger partial charge in [-0.2, -0.15) is 13.2 Å². The summed E-state index contributed by atoms with van der Waals surface area (Å²) in [6.07, 6.45) is -2.80. The van der Waals surface area contributed by atoms with Gasteiger partial charge in [0.05, 0.1) is 0 Å². The molecule has 0 heterocycles. The fourth-order valence-corrected chi connectivity index (χ4v) is 2.64. The summed E-state index contributed by atoms with van der Waals surface area (Å²) in [6.45, 7) is 0. The number of alkyl halides is 3. The zero-order valence-electron chi connectivity index (χ0n) is 8.83. The van der Waals surface area contributed by atoms with Gasteiger partial charge >= 0.3 is 18.1 Å². The number of carboxylic acid groups (broad SMARTS) is 1. The average Bonchev–Trinajstić information content (AvgIpc) is 2.80. The van der Waals surface area contributed by atoms with Gasteiger partial charge in [-0.15, -0.1) is 0 Å². The number of carbonyl (C=O) groups is 2. The summed E-state index contributed by atoms with van der Waals surface area (Å²) in [6, 6.07) is -1.42. The third-order valence-corrected chi connectivity index (χ3v) is 3.56. The highest BCUT2D eigenvalue weighted by molar-refractivity contribution is 5.87. The van der Waals surface area contributed by atoms with E-state index in [1.807, 2.05) is 0 Å². The Balaban J connectivity index is 1.98. The van der Waals surface area contributed by atoms with Gasteiger partial charge in [-0.05, 0) is 37.0 Å². The van der Waals surface area contributed by atoms with Gasteiger partial charge in [0.1, 0.15) is 6.04 Å². The molecular weight excluding hydrogens is 239 g/mol.